The van der Waals surface area contributed by atoms with Crippen LogP contribution in [-0.4, -0.2) is 0 Å². The third-order valence-corrected chi connectivity index (χ3v) is 7.58. The maximum Gasteiger partial charge on any atom is 0.0311 e. The first kappa shape index (κ1) is 20.9. The van der Waals surface area contributed by atoms with Crippen molar-refractivity contribution in [1.82, 2.24) is 0 Å². The number of benzene rings is 4. The summed E-state index contributed by atoms with van der Waals surface area (Å²) in [6, 6.07) is 35.5. The fraction of sp³-hybridized carbons (Fsp3) is 0.176. The summed E-state index contributed by atoms with van der Waals surface area (Å²) < 4.78 is 0. The van der Waals surface area contributed by atoms with Crippen LogP contribution in [0, 0.1) is 5.92 Å². The first-order valence-electron chi connectivity index (χ1n) is 12.4. The second kappa shape index (κ2) is 8.29. The van der Waals surface area contributed by atoms with E-state index >= 15 is 0 Å². The lowest BCUT2D eigenvalue weighted by Gasteiger charge is -2.23. The van der Waals surface area contributed by atoms with E-state index in [4.69, 9.17) is 0 Å². The molecule has 0 bridgehead atoms. The SMILES string of the molecule is CC1=Cc2c(-c3ccccc3)cccc2C1C1=C(C(C)C)Cc2cccc(-c3ccccc3)c21. The van der Waals surface area contributed by atoms with Crippen molar-refractivity contribution in [3.05, 3.63) is 130 Å². The molecule has 4 aromatic carbocycles. The van der Waals surface area contributed by atoms with E-state index in [1.165, 1.54) is 50.1 Å². The molecule has 0 heteroatoms. The second-order valence-corrected chi connectivity index (χ2v) is 9.97. The molecule has 0 amide bonds. The van der Waals surface area contributed by atoms with E-state index in [2.05, 4.69) is 124 Å². The van der Waals surface area contributed by atoms with Crippen LogP contribution in [0.1, 0.15) is 48.9 Å². The molecule has 6 rings (SSSR count). The average Bonchev–Trinajstić information content (AvgIpc) is 3.41. The minimum absolute atomic E-state index is 0.308. The third-order valence-electron chi connectivity index (χ3n) is 7.58. The Hall–Kier alpha value is -3.64. The molecule has 0 spiro atoms. The van der Waals surface area contributed by atoms with Gasteiger partial charge in [-0.25, -0.2) is 0 Å². The van der Waals surface area contributed by atoms with Crippen LogP contribution in [0.4, 0.5) is 0 Å². The number of allylic oxidation sites excluding steroid dienone is 3. The molecule has 0 nitrogen and oxygen atoms in total. The maximum absolute atomic E-state index is 2.44. The van der Waals surface area contributed by atoms with Gasteiger partial charge < -0.3 is 0 Å². The summed E-state index contributed by atoms with van der Waals surface area (Å²) in [5.41, 5.74) is 15.6. The monoisotopic (exact) mass is 438 g/mol. The first-order chi connectivity index (χ1) is 16.6. The Morgan fingerprint density at radius 2 is 1.29 bits per heavy atom. The molecule has 0 aliphatic heterocycles. The fourth-order valence-electron chi connectivity index (χ4n) is 6.03. The lowest BCUT2D eigenvalue weighted by Crippen LogP contribution is -2.05. The number of hydrogen-bond acceptors (Lipinski definition) is 0. The highest BCUT2D eigenvalue weighted by molar-refractivity contribution is 5.95. The first-order valence-corrected chi connectivity index (χ1v) is 12.4. The van der Waals surface area contributed by atoms with Gasteiger partial charge in [-0.1, -0.05) is 128 Å². The average molecular weight is 439 g/mol. The highest BCUT2D eigenvalue weighted by Crippen LogP contribution is 2.54. The van der Waals surface area contributed by atoms with Crippen LogP contribution in [0.3, 0.4) is 0 Å². The van der Waals surface area contributed by atoms with E-state index in [0.717, 1.165) is 6.42 Å². The van der Waals surface area contributed by atoms with Gasteiger partial charge in [0.25, 0.3) is 0 Å². The van der Waals surface area contributed by atoms with Gasteiger partial charge in [-0.05, 0) is 69.3 Å². The van der Waals surface area contributed by atoms with Crippen molar-refractivity contribution >= 4 is 11.6 Å². The molecule has 166 valence electrons. The van der Waals surface area contributed by atoms with Crippen LogP contribution in [0.15, 0.2) is 108 Å². The van der Waals surface area contributed by atoms with Gasteiger partial charge in [0.05, 0.1) is 0 Å². The molecule has 0 N–H and O–H groups in total. The van der Waals surface area contributed by atoms with Gasteiger partial charge in [-0.15, -0.1) is 0 Å². The molecule has 0 radical (unpaired) electrons. The van der Waals surface area contributed by atoms with Crippen molar-refractivity contribution in [1.29, 1.82) is 0 Å². The van der Waals surface area contributed by atoms with E-state index < -0.39 is 0 Å². The predicted molar refractivity (Wildman–Crippen MR) is 146 cm³/mol. The summed E-state index contributed by atoms with van der Waals surface area (Å²) in [5, 5.41) is 0. The van der Waals surface area contributed by atoms with Crippen molar-refractivity contribution in [2.45, 2.75) is 33.1 Å². The van der Waals surface area contributed by atoms with Gasteiger partial charge in [0.2, 0.25) is 0 Å². The fourth-order valence-corrected chi connectivity index (χ4v) is 6.03. The Bertz CT molecular complexity index is 1430. The maximum atomic E-state index is 2.44. The molecule has 0 fully saturated rings. The molecule has 2 aliphatic carbocycles. The molecule has 4 aromatic rings. The summed E-state index contributed by atoms with van der Waals surface area (Å²) in [6.45, 7) is 7.05. The summed E-state index contributed by atoms with van der Waals surface area (Å²) in [4.78, 5) is 0. The molecule has 34 heavy (non-hydrogen) atoms. The summed E-state index contributed by atoms with van der Waals surface area (Å²) >= 11 is 0. The largest absolute Gasteiger partial charge is 0.0622 e. The third kappa shape index (κ3) is 3.29. The van der Waals surface area contributed by atoms with E-state index in [-0.39, 0.29) is 0 Å². The van der Waals surface area contributed by atoms with Gasteiger partial charge in [-0.3, -0.25) is 0 Å². The van der Waals surface area contributed by atoms with E-state index in [9.17, 15) is 0 Å². The minimum Gasteiger partial charge on any atom is -0.0622 e. The van der Waals surface area contributed by atoms with Crippen molar-refractivity contribution in [2.24, 2.45) is 5.92 Å². The van der Waals surface area contributed by atoms with Gasteiger partial charge in [0.15, 0.2) is 0 Å². The zero-order valence-corrected chi connectivity index (χ0v) is 20.2. The van der Waals surface area contributed by atoms with Crippen LogP contribution in [0.2, 0.25) is 0 Å². The topological polar surface area (TPSA) is 0 Å². The van der Waals surface area contributed by atoms with Crippen molar-refractivity contribution in [3.8, 4) is 22.3 Å². The smallest absolute Gasteiger partial charge is 0.0311 e. The highest BCUT2D eigenvalue weighted by atomic mass is 14.4. The molecular formula is C34H30. The molecular weight excluding hydrogens is 408 g/mol. The van der Waals surface area contributed by atoms with Gasteiger partial charge in [0, 0.05) is 5.92 Å². The number of hydrogen-bond donors (Lipinski definition) is 0. The standard InChI is InChI=1S/C34H30/c1-22(2)30-21-26-16-10-18-28(25-14-8-5-9-15-25)33(26)34(30)32-23(3)20-31-27(17-11-19-29(31)32)24-12-6-4-7-13-24/h4-20,22,32H,21H2,1-3H3. The van der Waals surface area contributed by atoms with E-state index in [0.29, 0.717) is 11.8 Å². The summed E-state index contributed by atoms with van der Waals surface area (Å²) in [5.74, 6) is 0.822. The Balaban J connectivity index is 1.58. The van der Waals surface area contributed by atoms with Crippen molar-refractivity contribution in [2.75, 3.05) is 0 Å². The molecule has 1 atom stereocenters. The Labute approximate surface area is 203 Å². The van der Waals surface area contributed by atoms with Gasteiger partial charge in [0.1, 0.15) is 0 Å². The van der Waals surface area contributed by atoms with Crippen LogP contribution in [0.5, 0.6) is 0 Å². The van der Waals surface area contributed by atoms with E-state index in [1.807, 2.05) is 0 Å². The highest BCUT2D eigenvalue weighted by Gasteiger charge is 2.36. The number of fused-ring (bicyclic) bond motifs is 2. The zero-order valence-electron chi connectivity index (χ0n) is 20.2. The Kier molecular flexibility index (Phi) is 5.11. The lowest BCUT2D eigenvalue weighted by molar-refractivity contribution is 0.746. The molecule has 0 saturated carbocycles. The Morgan fingerprint density at radius 3 is 1.97 bits per heavy atom. The second-order valence-electron chi connectivity index (χ2n) is 9.97. The summed E-state index contributed by atoms with van der Waals surface area (Å²) in [7, 11) is 0. The number of rotatable bonds is 4. The van der Waals surface area contributed by atoms with Gasteiger partial charge in [-0.2, -0.15) is 0 Å². The predicted octanol–water partition coefficient (Wildman–Crippen LogP) is 9.19. The van der Waals surface area contributed by atoms with Crippen LogP contribution in [0.25, 0.3) is 33.9 Å². The van der Waals surface area contributed by atoms with Crippen LogP contribution < -0.4 is 0 Å². The Morgan fingerprint density at radius 1 is 0.676 bits per heavy atom. The molecule has 0 saturated heterocycles. The van der Waals surface area contributed by atoms with E-state index in [1.54, 1.807) is 11.1 Å². The minimum atomic E-state index is 0.308. The zero-order chi connectivity index (χ0) is 23.2. The van der Waals surface area contributed by atoms with Gasteiger partial charge >= 0.3 is 0 Å². The molecule has 2 aliphatic rings. The lowest BCUT2D eigenvalue weighted by atomic mass is 9.80. The van der Waals surface area contributed by atoms with Crippen LogP contribution >= 0.6 is 0 Å². The van der Waals surface area contributed by atoms with Crippen molar-refractivity contribution < 1.29 is 0 Å². The quantitative estimate of drug-likeness (QED) is 0.298. The molecule has 1 unspecified atom stereocenters. The molecule has 0 aromatic heterocycles. The van der Waals surface area contributed by atoms with Crippen LogP contribution in [-0.2, 0) is 6.42 Å². The normalized spacial score (nSPS) is 16.6. The molecule has 0 heterocycles. The van der Waals surface area contributed by atoms with Crippen molar-refractivity contribution in [3.63, 3.8) is 0 Å². The summed E-state index contributed by atoms with van der Waals surface area (Å²) in [6.07, 6.45) is 3.50.